The summed E-state index contributed by atoms with van der Waals surface area (Å²) < 4.78 is 10.8. The number of rotatable bonds is 4. The van der Waals surface area contributed by atoms with Gasteiger partial charge in [-0.3, -0.25) is 5.10 Å². The number of hydrogen-bond acceptors (Lipinski definition) is 4. The van der Waals surface area contributed by atoms with Gasteiger partial charge in [0.1, 0.15) is 17.3 Å². The van der Waals surface area contributed by atoms with E-state index in [0.717, 1.165) is 34.6 Å². The first-order valence-electron chi connectivity index (χ1n) is 5.75. The smallest absolute Gasteiger partial charge is 0.127 e. The van der Waals surface area contributed by atoms with E-state index in [-0.39, 0.29) is 0 Å². The maximum Gasteiger partial charge on any atom is 0.127 e. The van der Waals surface area contributed by atoms with Crippen LogP contribution in [0.2, 0.25) is 0 Å². The van der Waals surface area contributed by atoms with Gasteiger partial charge in [0.25, 0.3) is 0 Å². The van der Waals surface area contributed by atoms with Gasteiger partial charge in [0, 0.05) is 11.1 Å². The van der Waals surface area contributed by atoms with E-state index in [9.17, 15) is 0 Å². The van der Waals surface area contributed by atoms with E-state index in [0.29, 0.717) is 5.82 Å². The van der Waals surface area contributed by atoms with Crippen LogP contribution < -0.4 is 15.2 Å². The maximum atomic E-state index is 5.84. The number of aryl methyl sites for hydroxylation is 1. The van der Waals surface area contributed by atoms with E-state index < -0.39 is 0 Å². The number of hydrogen-bond donors (Lipinski definition) is 2. The summed E-state index contributed by atoms with van der Waals surface area (Å²) in [6, 6.07) is 3.90. The number of aromatic nitrogens is 2. The van der Waals surface area contributed by atoms with Crippen molar-refractivity contribution >= 4 is 5.82 Å². The van der Waals surface area contributed by atoms with Gasteiger partial charge in [0.15, 0.2) is 0 Å². The van der Waals surface area contributed by atoms with Gasteiger partial charge >= 0.3 is 0 Å². The van der Waals surface area contributed by atoms with Crippen molar-refractivity contribution in [2.75, 3.05) is 20.0 Å². The molecule has 2 rings (SSSR count). The number of anilines is 1. The van der Waals surface area contributed by atoms with Gasteiger partial charge in [0.2, 0.25) is 0 Å². The van der Waals surface area contributed by atoms with Crippen molar-refractivity contribution in [3.05, 3.63) is 23.9 Å². The fourth-order valence-corrected chi connectivity index (χ4v) is 1.96. The summed E-state index contributed by atoms with van der Waals surface area (Å²) in [7, 11) is 3.30. The number of nitrogens with two attached hydrogens (primary N) is 1. The van der Waals surface area contributed by atoms with Gasteiger partial charge in [-0.1, -0.05) is 6.92 Å². The molecule has 0 fully saturated rings. The molecule has 0 unspecified atom stereocenters. The molecule has 18 heavy (non-hydrogen) atoms. The van der Waals surface area contributed by atoms with Crippen molar-refractivity contribution < 1.29 is 9.47 Å². The van der Waals surface area contributed by atoms with Crippen molar-refractivity contribution in [3.8, 4) is 22.6 Å². The van der Waals surface area contributed by atoms with E-state index in [1.165, 1.54) is 0 Å². The Labute approximate surface area is 106 Å². The third-order valence-electron chi connectivity index (χ3n) is 2.94. The largest absolute Gasteiger partial charge is 0.496 e. The van der Waals surface area contributed by atoms with Gasteiger partial charge in [-0.05, 0) is 24.1 Å². The molecule has 0 saturated carbocycles. The van der Waals surface area contributed by atoms with E-state index in [2.05, 4.69) is 17.1 Å². The Morgan fingerprint density at radius 3 is 2.39 bits per heavy atom. The number of ether oxygens (including phenoxy) is 2. The van der Waals surface area contributed by atoms with Gasteiger partial charge < -0.3 is 15.2 Å². The second-order valence-electron chi connectivity index (χ2n) is 3.92. The number of benzene rings is 1. The van der Waals surface area contributed by atoms with Crippen LogP contribution in [0.15, 0.2) is 18.3 Å². The minimum atomic E-state index is 0.514. The van der Waals surface area contributed by atoms with Crippen molar-refractivity contribution in [3.63, 3.8) is 0 Å². The Bertz CT molecular complexity index is 549. The lowest BCUT2D eigenvalue weighted by molar-refractivity contribution is 0.400. The molecule has 5 heteroatoms. The average Bonchev–Trinajstić information content (AvgIpc) is 2.83. The molecule has 1 aromatic carbocycles. The summed E-state index contributed by atoms with van der Waals surface area (Å²) in [6.45, 7) is 2.07. The molecule has 0 amide bonds. The van der Waals surface area contributed by atoms with Crippen LogP contribution in [0.5, 0.6) is 11.5 Å². The van der Waals surface area contributed by atoms with Crippen molar-refractivity contribution in [2.24, 2.45) is 0 Å². The quantitative estimate of drug-likeness (QED) is 0.869. The van der Waals surface area contributed by atoms with Crippen LogP contribution in [0.3, 0.4) is 0 Å². The molecule has 0 radical (unpaired) electrons. The minimum Gasteiger partial charge on any atom is -0.496 e. The molecule has 0 spiro atoms. The van der Waals surface area contributed by atoms with Gasteiger partial charge in [-0.25, -0.2) is 0 Å². The molecule has 5 nitrogen and oxygen atoms in total. The number of nitrogens with zero attached hydrogens (tertiary/aromatic N) is 1. The lowest BCUT2D eigenvalue weighted by atomic mass is 10.0. The zero-order valence-electron chi connectivity index (χ0n) is 10.8. The molecule has 1 aromatic heterocycles. The maximum absolute atomic E-state index is 5.84. The molecule has 0 aliphatic rings. The lowest BCUT2D eigenvalue weighted by Crippen LogP contribution is -1.96. The monoisotopic (exact) mass is 247 g/mol. The van der Waals surface area contributed by atoms with Crippen LogP contribution in [0.1, 0.15) is 12.5 Å². The number of aromatic amines is 1. The third-order valence-corrected chi connectivity index (χ3v) is 2.94. The van der Waals surface area contributed by atoms with Gasteiger partial charge in [0.05, 0.1) is 20.4 Å². The highest BCUT2D eigenvalue weighted by Gasteiger charge is 2.14. The normalized spacial score (nSPS) is 10.4. The summed E-state index contributed by atoms with van der Waals surface area (Å²) in [5.41, 5.74) is 8.63. The molecular weight excluding hydrogens is 230 g/mol. The molecule has 0 bridgehead atoms. The Morgan fingerprint density at radius 2 is 1.89 bits per heavy atom. The van der Waals surface area contributed by atoms with E-state index in [4.69, 9.17) is 15.2 Å². The SMILES string of the molecule is CCc1cc(OC)c(-c2cn[nH]c2N)cc1OC. The Kier molecular flexibility index (Phi) is 3.41. The average molecular weight is 247 g/mol. The molecular formula is C13H17N3O2. The Morgan fingerprint density at radius 1 is 1.17 bits per heavy atom. The van der Waals surface area contributed by atoms with Crippen LogP contribution in [-0.2, 0) is 6.42 Å². The third kappa shape index (κ3) is 1.99. The first-order valence-corrected chi connectivity index (χ1v) is 5.75. The second kappa shape index (κ2) is 5.00. The summed E-state index contributed by atoms with van der Waals surface area (Å²) in [6.07, 6.45) is 2.55. The zero-order chi connectivity index (χ0) is 13.1. The highest BCUT2D eigenvalue weighted by atomic mass is 16.5. The first kappa shape index (κ1) is 12.3. The van der Waals surface area contributed by atoms with E-state index in [1.807, 2.05) is 12.1 Å². The Balaban J connectivity index is 2.62. The molecule has 0 saturated heterocycles. The Hall–Kier alpha value is -2.17. The summed E-state index contributed by atoms with van der Waals surface area (Å²) in [5.74, 6) is 2.11. The van der Waals surface area contributed by atoms with Crippen molar-refractivity contribution in [1.82, 2.24) is 10.2 Å². The molecule has 3 N–H and O–H groups in total. The number of H-pyrrole nitrogens is 1. The molecule has 1 heterocycles. The predicted molar refractivity (Wildman–Crippen MR) is 70.9 cm³/mol. The van der Waals surface area contributed by atoms with Crippen molar-refractivity contribution in [2.45, 2.75) is 13.3 Å². The fraction of sp³-hybridized carbons (Fsp3) is 0.308. The van der Waals surface area contributed by atoms with E-state index in [1.54, 1.807) is 20.4 Å². The topological polar surface area (TPSA) is 73.2 Å². The molecule has 96 valence electrons. The first-order chi connectivity index (χ1) is 8.71. The molecule has 0 aliphatic heterocycles. The van der Waals surface area contributed by atoms with Crippen LogP contribution in [0, 0.1) is 0 Å². The highest BCUT2D eigenvalue weighted by Crippen LogP contribution is 2.37. The number of nitrogens with one attached hydrogen (secondary N) is 1. The van der Waals surface area contributed by atoms with E-state index >= 15 is 0 Å². The number of nitrogen functional groups attached to an aromatic ring is 1. The van der Waals surface area contributed by atoms with Crippen LogP contribution in [0.4, 0.5) is 5.82 Å². The minimum absolute atomic E-state index is 0.514. The van der Waals surface area contributed by atoms with Gasteiger partial charge in [-0.2, -0.15) is 5.10 Å². The summed E-state index contributed by atoms with van der Waals surface area (Å²) >= 11 is 0. The van der Waals surface area contributed by atoms with Crippen LogP contribution in [0.25, 0.3) is 11.1 Å². The molecule has 0 atom stereocenters. The lowest BCUT2D eigenvalue weighted by Gasteiger charge is -2.13. The predicted octanol–water partition coefficient (Wildman–Crippen LogP) is 2.24. The second-order valence-corrected chi connectivity index (χ2v) is 3.92. The molecule has 2 aromatic rings. The van der Waals surface area contributed by atoms with Crippen LogP contribution in [-0.4, -0.2) is 24.4 Å². The number of methoxy groups -OCH3 is 2. The summed E-state index contributed by atoms with van der Waals surface area (Å²) in [5, 5.41) is 6.64. The summed E-state index contributed by atoms with van der Waals surface area (Å²) in [4.78, 5) is 0. The zero-order valence-corrected chi connectivity index (χ0v) is 10.8. The highest BCUT2D eigenvalue weighted by molar-refractivity contribution is 5.79. The van der Waals surface area contributed by atoms with Crippen molar-refractivity contribution in [1.29, 1.82) is 0 Å². The standard InChI is InChI=1S/C13H17N3O2/c1-4-8-5-12(18-3)9(6-11(8)17-2)10-7-15-16-13(10)14/h5-7H,4H2,1-3H3,(H3,14,15,16). The fourth-order valence-electron chi connectivity index (χ4n) is 1.96. The van der Waals surface area contributed by atoms with Crippen LogP contribution >= 0.6 is 0 Å². The van der Waals surface area contributed by atoms with Gasteiger partial charge in [-0.15, -0.1) is 0 Å². The molecule has 0 aliphatic carbocycles.